The van der Waals surface area contributed by atoms with Crippen LogP contribution in [0.25, 0.3) is 11.1 Å². The minimum Gasteiger partial charge on any atom is -0.480 e. The predicted molar refractivity (Wildman–Crippen MR) is 82.9 cm³/mol. The van der Waals surface area contributed by atoms with Gasteiger partial charge in [-0.1, -0.05) is 54.6 Å². The summed E-state index contributed by atoms with van der Waals surface area (Å²) < 4.78 is 0. The fourth-order valence-electron chi connectivity index (χ4n) is 3.07. The lowest BCUT2D eigenvalue weighted by molar-refractivity contribution is -0.142. The van der Waals surface area contributed by atoms with Crippen LogP contribution in [0.1, 0.15) is 18.4 Å². The molecule has 3 nitrogen and oxygen atoms in total. The molecule has 0 radical (unpaired) electrons. The molecule has 1 fully saturated rings. The van der Waals surface area contributed by atoms with Crippen molar-refractivity contribution >= 4 is 5.97 Å². The molecule has 0 aromatic heterocycles. The SMILES string of the molecule is O=C(O)C1CCCN1Cc1ccccc1-c1ccccc1. The molecule has 21 heavy (non-hydrogen) atoms. The number of rotatable bonds is 4. The third kappa shape index (κ3) is 2.98. The normalized spacial score (nSPS) is 18.8. The lowest BCUT2D eigenvalue weighted by Crippen LogP contribution is -2.35. The van der Waals surface area contributed by atoms with Gasteiger partial charge in [0.25, 0.3) is 0 Å². The summed E-state index contributed by atoms with van der Waals surface area (Å²) in [6.07, 6.45) is 1.72. The monoisotopic (exact) mass is 281 g/mol. The number of benzene rings is 2. The maximum Gasteiger partial charge on any atom is 0.320 e. The Hall–Kier alpha value is -2.13. The average Bonchev–Trinajstić information content (AvgIpc) is 2.97. The molecule has 0 bridgehead atoms. The van der Waals surface area contributed by atoms with E-state index in [1.807, 2.05) is 30.3 Å². The summed E-state index contributed by atoms with van der Waals surface area (Å²) in [4.78, 5) is 13.4. The Kier molecular flexibility index (Phi) is 4.02. The number of carbonyl (C=O) groups is 1. The summed E-state index contributed by atoms with van der Waals surface area (Å²) in [5.41, 5.74) is 3.56. The summed E-state index contributed by atoms with van der Waals surface area (Å²) in [7, 11) is 0. The molecule has 3 rings (SSSR count). The van der Waals surface area contributed by atoms with Crippen molar-refractivity contribution in [2.24, 2.45) is 0 Å². The molecule has 108 valence electrons. The standard InChI is InChI=1S/C18H19NO2/c20-18(21)17-11-6-12-19(17)13-15-9-4-5-10-16(15)14-7-2-1-3-8-14/h1-5,7-10,17H,6,11-13H2,(H,20,21). The van der Waals surface area contributed by atoms with E-state index in [9.17, 15) is 9.90 Å². The molecule has 2 aromatic rings. The first-order chi connectivity index (χ1) is 10.3. The van der Waals surface area contributed by atoms with E-state index in [1.165, 1.54) is 16.7 Å². The highest BCUT2D eigenvalue weighted by Gasteiger charge is 2.30. The van der Waals surface area contributed by atoms with Gasteiger partial charge in [-0.2, -0.15) is 0 Å². The third-order valence-corrected chi connectivity index (χ3v) is 4.12. The maximum absolute atomic E-state index is 11.3. The highest BCUT2D eigenvalue weighted by Crippen LogP contribution is 2.27. The minimum absolute atomic E-state index is 0.339. The number of likely N-dealkylation sites (tertiary alicyclic amines) is 1. The van der Waals surface area contributed by atoms with Crippen molar-refractivity contribution in [1.29, 1.82) is 0 Å². The van der Waals surface area contributed by atoms with E-state index in [0.717, 1.165) is 19.4 Å². The lowest BCUT2D eigenvalue weighted by Gasteiger charge is -2.22. The third-order valence-electron chi connectivity index (χ3n) is 4.12. The van der Waals surface area contributed by atoms with Crippen LogP contribution >= 0.6 is 0 Å². The Morgan fingerprint density at radius 1 is 1.10 bits per heavy atom. The molecular formula is C18H19NO2. The van der Waals surface area contributed by atoms with E-state index in [-0.39, 0.29) is 6.04 Å². The zero-order valence-electron chi connectivity index (χ0n) is 11.9. The number of aliphatic carboxylic acids is 1. The second-order valence-corrected chi connectivity index (χ2v) is 5.49. The van der Waals surface area contributed by atoms with Crippen LogP contribution in [0.5, 0.6) is 0 Å². The maximum atomic E-state index is 11.3. The van der Waals surface area contributed by atoms with Crippen LogP contribution in [0.15, 0.2) is 54.6 Å². The van der Waals surface area contributed by atoms with Gasteiger partial charge in [0.1, 0.15) is 6.04 Å². The molecule has 0 spiro atoms. The van der Waals surface area contributed by atoms with Crippen molar-refractivity contribution in [3.63, 3.8) is 0 Å². The highest BCUT2D eigenvalue weighted by molar-refractivity contribution is 5.74. The smallest absolute Gasteiger partial charge is 0.320 e. The predicted octanol–water partition coefficient (Wildman–Crippen LogP) is 3.40. The molecule has 1 atom stereocenters. The van der Waals surface area contributed by atoms with Crippen LogP contribution in [0.4, 0.5) is 0 Å². The van der Waals surface area contributed by atoms with Gasteiger partial charge in [0.2, 0.25) is 0 Å². The lowest BCUT2D eigenvalue weighted by atomic mass is 9.99. The Morgan fingerprint density at radius 3 is 2.57 bits per heavy atom. The van der Waals surface area contributed by atoms with E-state index in [2.05, 4.69) is 29.2 Å². The molecule has 1 N–H and O–H groups in total. The molecule has 1 aliphatic rings. The first kappa shape index (κ1) is 13.8. The molecule has 2 aromatic carbocycles. The topological polar surface area (TPSA) is 40.5 Å². The highest BCUT2D eigenvalue weighted by atomic mass is 16.4. The molecule has 1 heterocycles. The van der Waals surface area contributed by atoms with Gasteiger partial charge < -0.3 is 5.11 Å². The van der Waals surface area contributed by atoms with Gasteiger partial charge in [0, 0.05) is 6.54 Å². The van der Waals surface area contributed by atoms with Crippen molar-refractivity contribution in [2.75, 3.05) is 6.54 Å². The van der Waals surface area contributed by atoms with Crippen LogP contribution in [0.2, 0.25) is 0 Å². The summed E-state index contributed by atoms with van der Waals surface area (Å²) in [6.45, 7) is 1.56. The van der Waals surface area contributed by atoms with Crippen LogP contribution in [-0.4, -0.2) is 28.6 Å². The van der Waals surface area contributed by atoms with Gasteiger partial charge in [0.05, 0.1) is 0 Å². The van der Waals surface area contributed by atoms with Gasteiger partial charge in [0.15, 0.2) is 0 Å². The van der Waals surface area contributed by atoms with Gasteiger partial charge in [-0.15, -0.1) is 0 Å². The molecule has 1 unspecified atom stereocenters. The van der Waals surface area contributed by atoms with Crippen LogP contribution in [0.3, 0.4) is 0 Å². The second kappa shape index (κ2) is 6.10. The Morgan fingerprint density at radius 2 is 1.81 bits per heavy atom. The summed E-state index contributed by atoms with van der Waals surface area (Å²) in [5.74, 6) is -0.704. The molecular weight excluding hydrogens is 262 g/mol. The van der Waals surface area contributed by atoms with Gasteiger partial charge in [-0.05, 0) is 36.1 Å². The number of carboxylic acids is 1. The van der Waals surface area contributed by atoms with E-state index >= 15 is 0 Å². The van der Waals surface area contributed by atoms with Crippen molar-refractivity contribution < 1.29 is 9.90 Å². The second-order valence-electron chi connectivity index (χ2n) is 5.49. The van der Waals surface area contributed by atoms with E-state index in [0.29, 0.717) is 6.54 Å². The zero-order valence-corrected chi connectivity index (χ0v) is 11.9. The Bertz CT molecular complexity index is 624. The first-order valence-electron chi connectivity index (χ1n) is 7.36. The van der Waals surface area contributed by atoms with Crippen molar-refractivity contribution in [1.82, 2.24) is 4.90 Å². The average molecular weight is 281 g/mol. The van der Waals surface area contributed by atoms with Crippen molar-refractivity contribution in [3.8, 4) is 11.1 Å². The van der Waals surface area contributed by atoms with Crippen molar-refractivity contribution in [2.45, 2.75) is 25.4 Å². The van der Waals surface area contributed by atoms with Crippen LogP contribution in [0, 0.1) is 0 Å². The first-order valence-corrected chi connectivity index (χ1v) is 7.36. The van der Waals surface area contributed by atoms with E-state index in [4.69, 9.17) is 0 Å². The van der Waals surface area contributed by atoms with Gasteiger partial charge in [-0.25, -0.2) is 0 Å². The van der Waals surface area contributed by atoms with Gasteiger partial charge >= 0.3 is 5.97 Å². The molecule has 0 saturated carbocycles. The van der Waals surface area contributed by atoms with Gasteiger partial charge in [-0.3, -0.25) is 9.69 Å². The molecule has 0 aliphatic carbocycles. The Balaban J connectivity index is 1.88. The van der Waals surface area contributed by atoms with Crippen LogP contribution < -0.4 is 0 Å². The molecule has 1 saturated heterocycles. The zero-order chi connectivity index (χ0) is 14.7. The van der Waals surface area contributed by atoms with Crippen LogP contribution in [-0.2, 0) is 11.3 Å². The summed E-state index contributed by atoms with van der Waals surface area (Å²) in [6, 6.07) is 18.2. The number of hydrogen-bond donors (Lipinski definition) is 1. The van der Waals surface area contributed by atoms with Crippen molar-refractivity contribution in [3.05, 3.63) is 60.2 Å². The summed E-state index contributed by atoms with van der Waals surface area (Å²) >= 11 is 0. The quantitative estimate of drug-likeness (QED) is 0.933. The summed E-state index contributed by atoms with van der Waals surface area (Å²) in [5, 5.41) is 9.31. The fraction of sp³-hybridized carbons (Fsp3) is 0.278. The molecule has 1 aliphatic heterocycles. The fourth-order valence-corrected chi connectivity index (χ4v) is 3.07. The minimum atomic E-state index is -0.704. The molecule has 0 amide bonds. The number of carboxylic acid groups (broad SMARTS) is 1. The Labute approximate surface area is 124 Å². The van der Waals surface area contributed by atoms with E-state index < -0.39 is 5.97 Å². The number of nitrogens with zero attached hydrogens (tertiary/aromatic N) is 1. The molecule has 3 heteroatoms. The number of hydrogen-bond acceptors (Lipinski definition) is 2. The largest absolute Gasteiger partial charge is 0.480 e. The van der Waals surface area contributed by atoms with E-state index in [1.54, 1.807) is 0 Å².